The largest absolute Gasteiger partial charge is 0.508 e. The maximum atomic E-state index is 9.44. The summed E-state index contributed by atoms with van der Waals surface area (Å²) in [5, 5.41) is 18.9. The van der Waals surface area contributed by atoms with Gasteiger partial charge in [-0.05, 0) is 12.1 Å². The van der Waals surface area contributed by atoms with Crippen molar-refractivity contribution in [2.75, 3.05) is 0 Å². The third-order valence-corrected chi connectivity index (χ3v) is 2.55. The fraction of sp³-hybridized carbons (Fsp3) is 0.250. The number of aromatic hydroxyl groups is 2. The SMILES string of the molecule is Oc1ccc(O)c(C(Cl)Cl)c1C(Cl)Cl. The van der Waals surface area contributed by atoms with Crippen LogP contribution in [0.1, 0.15) is 20.8 Å². The lowest BCUT2D eigenvalue weighted by atomic mass is 10.1. The summed E-state index contributed by atoms with van der Waals surface area (Å²) in [6, 6.07) is 2.53. The van der Waals surface area contributed by atoms with Gasteiger partial charge in [-0.2, -0.15) is 0 Å². The Balaban J connectivity index is 3.42. The lowest BCUT2D eigenvalue weighted by Gasteiger charge is -2.14. The molecule has 0 atom stereocenters. The molecule has 2 N–H and O–H groups in total. The zero-order chi connectivity index (χ0) is 10.9. The quantitative estimate of drug-likeness (QED) is 0.631. The normalized spacial score (nSPS) is 11.3. The average molecular weight is 276 g/mol. The summed E-state index contributed by atoms with van der Waals surface area (Å²) in [5.41, 5.74) is 0.256. The van der Waals surface area contributed by atoms with Crippen molar-refractivity contribution in [2.45, 2.75) is 9.67 Å². The second-order valence-corrected chi connectivity index (χ2v) is 4.73. The van der Waals surface area contributed by atoms with Crippen LogP contribution in [0.5, 0.6) is 11.5 Å². The molecule has 0 aliphatic carbocycles. The van der Waals surface area contributed by atoms with Crippen molar-refractivity contribution in [3.8, 4) is 11.5 Å². The molecule has 6 heteroatoms. The first kappa shape index (κ1) is 12.1. The van der Waals surface area contributed by atoms with E-state index >= 15 is 0 Å². The molecule has 0 heterocycles. The zero-order valence-corrected chi connectivity index (χ0v) is 9.74. The van der Waals surface area contributed by atoms with Gasteiger partial charge in [0.05, 0.1) is 0 Å². The van der Waals surface area contributed by atoms with E-state index in [9.17, 15) is 10.2 Å². The van der Waals surface area contributed by atoms with E-state index in [4.69, 9.17) is 46.4 Å². The highest BCUT2D eigenvalue weighted by atomic mass is 35.5. The third-order valence-electron chi connectivity index (χ3n) is 1.68. The third kappa shape index (κ3) is 2.31. The summed E-state index contributed by atoms with van der Waals surface area (Å²) < 4.78 is 0. The number of phenolic OH excluding ortho intramolecular Hbond substituents is 2. The van der Waals surface area contributed by atoms with E-state index in [1.54, 1.807) is 0 Å². The maximum Gasteiger partial charge on any atom is 0.136 e. The van der Waals surface area contributed by atoms with Crippen molar-refractivity contribution >= 4 is 46.4 Å². The van der Waals surface area contributed by atoms with Gasteiger partial charge in [0, 0.05) is 11.1 Å². The molecule has 0 aliphatic heterocycles. The highest BCUT2D eigenvalue weighted by Crippen LogP contribution is 2.44. The van der Waals surface area contributed by atoms with Crippen LogP contribution in [0.3, 0.4) is 0 Å². The van der Waals surface area contributed by atoms with Gasteiger partial charge in [-0.15, -0.1) is 0 Å². The van der Waals surface area contributed by atoms with Crippen LogP contribution >= 0.6 is 46.4 Å². The topological polar surface area (TPSA) is 40.5 Å². The molecule has 0 bridgehead atoms. The first-order chi connectivity index (χ1) is 6.45. The Labute approximate surface area is 101 Å². The van der Waals surface area contributed by atoms with E-state index in [2.05, 4.69) is 0 Å². The van der Waals surface area contributed by atoms with Gasteiger partial charge in [-0.25, -0.2) is 0 Å². The summed E-state index contributed by atoms with van der Waals surface area (Å²) >= 11 is 22.4. The number of alkyl halides is 4. The first-order valence-electron chi connectivity index (χ1n) is 3.56. The van der Waals surface area contributed by atoms with Crippen molar-refractivity contribution in [1.82, 2.24) is 0 Å². The molecule has 0 amide bonds. The predicted molar refractivity (Wildman–Crippen MR) is 58.7 cm³/mol. The van der Waals surface area contributed by atoms with Gasteiger partial charge in [-0.1, -0.05) is 46.4 Å². The van der Waals surface area contributed by atoms with Gasteiger partial charge < -0.3 is 10.2 Å². The minimum atomic E-state index is -1.00. The Kier molecular flexibility index (Phi) is 4.02. The Morgan fingerprint density at radius 3 is 1.29 bits per heavy atom. The molecule has 0 radical (unpaired) electrons. The van der Waals surface area contributed by atoms with Crippen LogP contribution in [0, 0.1) is 0 Å². The summed E-state index contributed by atoms with van der Waals surface area (Å²) in [5.74, 6) is -0.307. The smallest absolute Gasteiger partial charge is 0.136 e. The molecule has 14 heavy (non-hydrogen) atoms. The van der Waals surface area contributed by atoms with E-state index in [1.807, 2.05) is 0 Å². The van der Waals surface area contributed by atoms with Crippen molar-refractivity contribution in [2.24, 2.45) is 0 Å². The molecule has 1 rings (SSSR count). The standard InChI is InChI=1S/C8H6Cl4O2/c9-7(10)5-3(13)1-2-4(14)6(5)8(11)12/h1-2,7-8,13-14H. The van der Waals surface area contributed by atoms with Gasteiger partial charge in [0.2, 0.25) is 0 Å². The maximum absolute atomic E-state index is 9.44. The van der Waals surface area contributed by atoms with E-state index in [-0.39, 0.29) is 22.6 Å². The van der Waals surface area contributed by atoms with Crippen LogP contribution in [-0.2, 0) is 0 Å². The molecule has 0 saturated carbocycles. The van der Waals surface area contributed by atoms with Gasteiger partial charge in [0.1, 0.15) is 21.2 Å². The van der Waals surface area contributed by atoms with Crippen LogP contribution in [0.4, 0.5) is 0 Å². The fourth-order valence-corrected chi connectivity index (χ4v) is 1.99. The Hall–Kier alpha value is -0.0200. The average Bonchev–Trinajstić information content (AvgIpc) is 2.07. The summed E-state index contributed by atoms with van der Waals surface area (Å²) in [6.07, 6.45) is 0. The van der Waals surface area contributed by atoms with E-state index in [0.29, 0.717) is 0 Å². The molecule has 78 valence electrons. The Morgan fingerprint density at radius 1 is 0.786 bits per heavy atom. The number of hydrogen-bond acceptors (Lipinski definition) is 2. The molecule has 0 unspecified atom stereocenters. The summed E-state index contributed by atoms with van der Waals surface area (Å²) in [7, 11) is 0. The molecular formula is C8H6Cl4O2. The Bertz CT molecular complexity index is 305. The van der Waals surface area contributed by atoms with Crippen molar-refractivity contribution in [3.05, 3.63) is 23.3 Å². The molecule has 0 aromatic heterocycles. The Morgan fingerprint density at radius 2 is 1.07 bits per heavy atom. The minimum absolute atomic E-state index is 0.128. The monoisotopic (exact) mass is 274 g/mol. The fourth-order valence-electron chi connectivity index (χ4n) is 1.07. The highest BCUT2D eigenvalue weighted by Gasteiger charge is 2.22. The summed E-state index contributed by atoms with van der Waals surface area (Å²) in [6.45, 7) is 0. The second kappa shape index (κ2) is 4.67. The highest BCUT2D eigenvalue weighted by molar-refractivity contribution is 6.46. The van der Waals surface area contributed by atoms with Crippen molar-refractivity contribution in [3.63, 3.8) is 0 Å². The lowest BCUT2D eigenvalue weighted by Crippen LogP contribution is -1.94. The van der Waals surface area contributed by atoms with E-state index < -0.39 is 9.67 Å². The summed E-state index contributed by atoms with van der Waals surface area (Å²) in [4.78, 5) is -2.01. The zero-order valence-electron chi connectivity index (χ0n) is 6.72. The number of halogens is 4. The van der Waals surface area contributed by atoms with Crippen molar-refractivity contribution in [1.29, 1.82) is 0 Å². The molecular weight excluding hydrogens is 270 g/mol. The molecule has 0 fully saturated rings. The predicted octanol–water partition coefficient (Wildman–Crippen LogP) is 4.05. The van der Waals surface area contributed by atoms with Gasteiger partial charge in [-0.3, -0.25) is 0 Å². The number of rotatable bonds is 2. The molecule has 1 aromatic carbocycles. The van der Waals surface area contributed by atoms with Gasteiger partial charge in [0.25, 0.3) is 0 Å². The van der Waals surface area contributed by atoms with Crippen molar-refractivity contribution < 1.29 is 10.2 Å². The second-order valence-electron chi connectivity index (χ2n) is 2.53. The van der Waals surface area contributed by atoms with Gasteiger partial charge >= 0.3 is 0 Å². The van der Waals surface area contributed by atoms with Gasteiger partial charge in [0.15, 0.2) is 0 Å². The molecule has 1 aromatic rings. The van der Waals surface area contributed by atoms with Crippen LogP contribution in [0.2, 0.25) is 0 Å². The first-order valence-corrected chi connectivity index (χ1v) is 5.30. The number of phenols is 2. The number of hydrogen-bond donors (Lipinski definition) is 2. The van der Waals surface area contributed by atoms with Crippen LogP contribution in [0.25, 0.3) is 0 Å². The van der Waals surface area contributed by atoms with Crippen LogP contribution in [-0.4, -0.2) is 10.2 Å². The lowest BCUT2D eigenvalue weighted by molar-refractivity contribution is 0.451. The van der Waals surface area contributed by atoms with E-state index in [0.717, 1.165) is 0 Å². The number of benzene rings is 1. The molecule has 0 aliphatic rings. The molecule has 2 nitrogen and oxygen atoms in total. The van der Waals surface area contributed by atoms with Crippen LogP contribution < -0.4 is 0 Å². The minimum Gasteiger partial charge on any atom is -0.508 e. The molecule has 0 spiro atoms. The van der Waals surface area contributed by atoms with E-state index in [1.165, 1.54) is 12.1 Å². The van der Waals surface area contributed by atoms with Crippen LogP contribution in [0.15, 0.2) is 12.1 Å². The molecule has 0 saturated heterocycles.